The van der Waals surface area contributed by atoms with Crippen LogP contribution in [0.5, 0.6) is 5.75 Å². The average molecular weight is 289 g/mol. The summed E-state index contributed by atoms with van der Waals surface area (Å²) >= 11 is 0. The molecule has 2 heterocycles. The van der Waals surface area contributed by atoms with Crippen LogP contribution in [0.1, 0.15) is 56.2 Å². The number of rotatable bonds is 6. The summed E-state index contributed by atoms with van der Waals surface area (Å²) in [4.78, 5) is 0. The Bertz CT molecular complexity index is 455. The molecule has 2 aliphatic rings. The SMILES string of the molecule is CCCNC(CC1CCCO1)c1cccc2c1OCCC2. The second-order valence-corrected chi connectivity index (χ2v) is 6.16. The van der Waals surface area contributed by atoms with Gasteiger partial charge in [-0.15, -0.1) is 0 Å². The minimum Gasteiger partial charge on any atom is -0.493 e. The van der Waals surface area contributed by atoms with E-state index in [1.54, 1.807) is 0 Å². The Labute approximate surface area is 128 Å². The summed E-state index contributed by atoms with van der Waals surface area (Å²) in [6, 6.07) is 6.97. The Balaban J connectivity index is 1.80. The Kier molecular flexibility index (Phi) is 5.15. The van der Waals surface area contributed by atoms with E-state index >= 15 is 0 Å². The van der Waals surface area contributed by atoms with Crippen molar-refractivity contribution in [1.29, 1.82) is 0 Å². The third-order valence-corrected chi connectivity index (χ3v) is 4.50. The predicted molar refractivity (Wildman–Crippen MR) is 84.9 cm³/mol. The third-order valence-electron chi connectivity index (χ3n) is 4.50. The van der Waals surface area contributed by atoms with E-state index in [0.29, 0.717) is 12.1 Å². The number of hydrogen-bond donors (Lipinski definition) is 1. The lowest BCUT2D eigenvalue weighted by Crippen LogP contribution is -2.27. The van der Waals surface area contributed by atoms with E-state index in [-0.39, 0.29) is 0 Å². The molecule has 1 aromatic rings. The number of nitrogens with one attached hydrogen (secondary N) is 1. The zero-order valence-electron chi connectivity index (χ0n) is 13.1. The highest BCUT2D eigenvalue weighted by atomic mass is 16.5. The fraction of sp³-hybridized carbons (Fsp3) is 0.667. The molecule has 0 aliphatic carbocycles. The summed E-state index contributed by atoms with van der Waals surface area (Å²) in [5.41, 5.74) is 2.70. The van der Waals surface area contributed by atoms with Crippen molar-refractivity contribution in [2.45, 2.75) is 57.6 Å². The third kappa shape index (κ3) is 3.58. The lowest BCUT2D eigenvalue weighted by Gasteiger charge is -2.27. The molecule has 0 aromatic heterocycles. The number of fused-ring (bicyclic) bond motifs is 1. The van der Waals surface area contributed by atoms with Crippen molar-refractivity contribution in [3.63, 3.8) is 0 Å². The largest absolute Gasteiger partial charge is 0.493 e. The van der Waals surface area contributed by atoms with Gasteiger partial charge in [-0.1, -0.05) is 25.1 Å². The first kappa shape index (κ1) is 14.9. The van der Waals surface area contributed by atoms with E-state index in [9.17, 15) is 0 Å². The van der Waals surface area contributed by atoms with E-state index in [4.69, 9.17) is 9.47 Å². The molecule has 2 aliphatic heterocycles. The van der Waals surface area contributed by atoms with Gasteiger partial charge in [-0.2, -0.15) is 0 Å². The summed E-state index contributed by atoms with van der Waals surface area (Å²) in [6.07, 6.45) is 7.28. The molecule has 2 atom stereocenters. The quantitative estimate of drug-likeness (QED) is 0.867. The molecule has 3 nitrogen and oxygen atoms in total. The van der Waals surface area contributed by atoms with Crippen LogP contribution in [0.25, 0.3) is 0 Å². The predicted octanol–water partition coefficient (Wildman–Crippen LogP) is 3.62. The molecular weight excluding hydrogens is 262 g/mol. The highest BCUT2D eigenvalue weighted by Crippen LogP contribution is 2.36. The minimum absolute atomic E-state index is 0.348. The lowest BCUT2D eigenvalue weighted by atomic mass is 9.94. The Morgan fingerprint density at radius 3 is 3.05 bits per heavy atom. The highest BCUT2D eigenvalue weighted by Gasteiger charge is 2.25. The van der Waals surface area contributed by atoms with Crippen LogP contribution in [0.2, 0.25) is 0 Å². The fourth-order valence-electron chi connectivity index (χ4n) is 3.42. The van der Waals surface area contributed by atoms with E-state index < -0.39 is 0 Å². The maximum absolute atomic E-state index is 6.00. The van der Waals surface area contributed by atoms with E-state index in [1.807, 2.05) is 0 Å². The molecule has 0 radical (unpaired) electrons. The molecule has 0 saturated carbocycles. The van der Waals surface area contributed by atoms with E-state index in [0.717, 1.165) is 51.2 Å². The first-order chi connectivity index (χ1) is 10.4. The molecule has 1 fully saturated rings. The molecule has 2 unspecified atom stereocenters. The van der Waals surface area contributed by atoms with E-state index in [2.05, 4.69) is 30.4 Å². The van der Waals surface area contributed by atoms with Gasteiger partial charge < -0.3 is 14.8 Å². The number of aryl methyl sites for hydroxylation is 1. The van der Waals surface area contributed by atoms with Gasteiger partial charge in [0.1, 0.15) is 5.75 Å². The second-order valence-electron chi connectivity index (χ2n) is 6.16. The van der Waals surface area contributed by atoms with Gasteiger partial charge in [0.15, 0.2) is 0 Å². The number of benzene rings is 1. The van der Waals surface area contributed by atoms with Crippen molar-refractivity contribution in [1.82, 2.24) is 5.32 Å². The molecule has 116 valence electrons. The average Bonchev–Trinajstić information content (AvgIpc) is 3.04. The van der Waals surface area contributed by atoms with Gasteiger partial charge in [-0.25, -0.2) is 0 Å². The minimum atomic E-state index is 0.348. The summed E-state index contributed by atoms with van der Waals surface area (Å²) in [5, 5.41) is 3.70. The lowest BCUT2D eigenvalue weighted by molar-refractivity contribution is 0.0941. The topological polar surface area (TPSA) is 30.5 Å². The van der Waals surface area contributed by atoms with Crippen molar-refractivity contribution < 1.29 is 9.47 Å². The van der Waals surface area contributed by atoms with Crippen molar-refractivity contribution >= 4 is 0 Å². The van der Waals surface area contributed by atoms with E-state index in [1.165, 1.54) is 24.0 Å². The van der Waals surface area contributed by atoms with Gasteiger partial charge in [0.2, 0.25) is 0 Å². The van der Waals surface area contributed by atoms with Crippen LogP contribution in [-0.2, 0) is 11.2 Å². The molecule has 1 saturated heterocycles. The number of ether oxygens (including phenoxy) is 2. The van der Waals surface area contributed by atoms with Crippen LogP contribution >= 0.6 is 0 Å². The Hall–Kier alpha value is -1.06. The summed E-state index contributed by atoms with van der Waals surface area (Å²) in [5.74, 6) is 1.13. The number of hydrogen-bond acceptors (Lipinski definition) is 3. The standard InChI is InChI=1S/C18H27NO2/c1-2-10-19-17(13-15-8-5-11-20-15)16-9-3-6-14-7-4-12-21-18(14)16/h3,6,9,15,17,19H,2,4-5,7-8,10-13H2,1H3. The van der Waals surface area contributed by atoms with Gasteiger partial charge in [0, 0.05) is 18.2 Å². The van der Waals surface area contributed by atoms with Crippen LogP contribution in [0.4, 0.5) is 0 Å². The monoisotopic (exact) mass is 289 g/mol. The first-order valence-electron chi connectivity index (χ1n) is 8.48. The highest BCUT2D eigenvalue weighted by molar-refractivity contribution is 5.44. The smallest absolute Gasteiger partial charge is 0.127 e. The number of para-hydroxylation sites is 1. The van der Waals surface area contributed by atoms with Crippen LogP contribution in [-0.4, -0.2) is 25.9 Å². The second kappa shape index (κ2) is 7.28. The Morgan fingerprint density at radius 1 is 1.29 bits per heavy atom. The van der Waals surface area contributed by atoms with Gasteiger partial charge in [0.25, 0.3) is 0 Å². The maximum atomic E-state index is 6.00. The molecular formula is C18H27NO2. The molecule has 0 amide bonds. The van der Waals surface area contributed by atoms with Gasteiger partial charge in [0.05, 0.1) is 12.7 Å². The summed E-state index contributed by atoms with van der Waals surface area (Å²) < 4.78 is 11.8. The van der Waals surface area contributed by atoms with Crippen molar-refractivity contribution in [2.75, 3.05) is 19.8 Å². The molecule has 0 spiro atoms. The van der Waals surface area contributed by atoms with Gasteiger partial charge in [-0.3, -0.25) is 0 Å². The van der Waals surface area contributed by atoms with Crippen molar-refractivity contribution in [2.24, 2.45) is 0 Å². The fourth-order valence-corrected chi connectivity index (χ4v) is 3.42. The molecule has 3 heteroatoms. The normalized spacial score (nSPS) is 22.6. The zero-order chi connectivity index (χ0) is 14.5. The van der Waals surface area contributed by atoms with Crippen LogP contribution < -0.4 is 10.1 Å². The Morgan fingerprint density at radius 2 is 2.24 bits per heavy atom. The van der Waals surface area contributed by atoms with Gasteiger partial charge in [-0.05, 0) is 50.6 Å². The van der Waals surface area contributed by atoms with Crippen LogP contribution in [0.15, 0.2) is 18.2 Å². The zero-order valence-corrected chi connectivity index (χ0v) is 13.1. The molecule has 3 rings (SSSR count). The van der Waals surface area contributed by atoms with Crippen molar-refractivity contribution in [3.05, 3.63) is 29.3 Å². The maximum Gasteiger partial charge on any atom is 0.127 e. The molecule has 1 N–H and O–H groups in total. The molecule has 21 heavy (non-hydrogen) atoms. The first-order valence-corrected chi connectivity index (χ1v) is 8.48. The van der Waals surface area contributed by atoms with Gasteiger partial charge >= 0.3 is 0 Å². The van der Waals surface area contributed by atoms with Crippen LogP contribution in [0, 0.1) is 0 Å². The summed E-state index contributed by atoms with van der Waals surface area (Å²) in [6.45, 7) is 5.03. The van der Waals surface area contributed by atoms with Crippen molar-refractivity contribution in [3.8, 4) is 5.75 Å². The summed E-state index contributed by atoms with van der Waals surface area (Å²) in [7, 11) is 0. The molecule has 0 bridgehead atoms. The molecule has 1 aromatic carbocycles. The van der Waals surface area contributed by atoms with Crippen LogP contribution in [0.3, 0.4) is 0 Å².